The van der Waals surface area contributed by atoms with Crippen molar-refractivity contribution >= 4 is 27.9 Å². The van der Waals surface area contributed by atoms with Gasteiger partial charge in [-0.2, -0.15) is 0 Å². The summed E-state index contributed by atoms with van der Waals surface area (Å²) in [6.07, 6.45) is 0. The highest BCUT2D eigenvalue weighted by atomic mass is 79.9. The molecule has 0 saturated heterocycles. The topological polar surface area (TPSA) is 80.3 Å². The van der Waals surface area contributed by atoms with Gasteiger partial charge in [0, 0.05) is 4.47 Å². The molecule has 7 nitrogen and oxygen atoms in total. The summed E-state index contributed by atoms with van der Waals surface area (Å²) in [5.41, 5.74) is 0.270. The first-order valence-corrected chi connectivity index (χ1v) is 8.14. The van der Waals surface area contributed by atoms with Crippen LogP contribution in [0.3, 0.4) is 0 Å². The average Bonchev–Trinajstić information content (AvgIpc) is 2.67. The van der Waals surface area contributed by atoms with Gasteiger partial charge in [-0.3, -0.25) is 0 Å². The van der Waals surface area contributed by atoms with Gasteiger partial charge in [0.15, 0.2) is 11.5 Å². The van der Waals surface area contributed by atoms with Crippen LogP contribution in [0, 0.1) is 0 Å². The second-order valence-corrected chi connectivity index (χ2v) is 5.78. The molecule has 138 valence electrons. The Kier molecular flexibility index (Phi) is 6.46. The van der Waals surface area contributed by atoms with Crippen molar-refractivity contribution in [3.05, 3.63) is 45.9 Å². The van der Waals surface area contributed by atoms with Crippen LogP contribution in [0.4, 0.5) is 0 Å². The summed E-state index contributed by atoms with van der Waals surface area (Å²) < 4.78 is 26.0. The summed E-state index contributed by atoms with van der Waals surface area (Å²) in [6, 6.07) is 7.52. The third kappa shape index (κ3) is 4.08. The number of hydrogen-bond acceptors (Lipinski definition) is 7. The Balaban J connectivity index is 2.40. The molecule has 0 aromatic heterocycles. The fourth-order valence-corrected chi connectivity index (χ4v) is 2.64. The Bertz CT molecular complexity index is 833. The van der Waals surface area contributed by atoms with Crippen molar-refractivity contribution in [3.63, 3.8) is 0 Å². The van der Waals surface area contributed by atoms with E-state index in [4.69, 9.17) is 23.7 Å². The lowest BCUT2D eigenvalue weighted by molar-refractivity contribution is 0.0592. The molecule has 0 heterocycles. The molecule has 0 aliphatic heterocycles. The highest BCUT2D eigenvalue weighted by Gasteiger charge is 2.21. The lowest BCUT2D eigenvalue weighted by Gasteiger charge is -2.13. The van der Waals surface area contributed by atoms with E-state index < -0.39 is 11.9 Å². The van der Waals surface area contributed by atoms with E-state index in [1.54, 1.807) is 12.1 Å². The van der Waals surface area contributed by atoms with E-state index in [0.717, 1.165) is 0 Å². The zero-order chi connectivity index (χ0) is 19.3. The minimum absolute atomic E-state index is 0.0457. The van der Waals surface area contributed by atoms with Gasteiger partial charge in [-0.1, -0.05) is 0 Å². The fourth-order valence-electron chi connectivity index (χ4n) is 2.16. The first-order chi connectivity index (χ1) is 12.4. The summed E-state index contributed by atoms with van der Waals surface area (Å²) in [4.78, 5) is 24.5. The SMILES string of the molecule is COC(=O)c1cc(OC)ccc1OC(=O)c1cc(OC)c(OC)cc1Br. The standard InChI is InChI=1S/C18H17BrO7/c1-22-10-5-6-14(12(7-10)17(20)25-4)26-18(21)11-8-15(23-2)16(24-3)9-13(11)19/h5-9H,1-4H3. The predicted octanol–water partition coefficient (Wildman–Crippen LogP) is 3.48. The van der Waals surface area contributed by atoms with Gasteiger partial charge >= 0.3 is 11.9 Å². The van der Waals surface area contributed by atoms with Crippen LogP contribution < -0.4 is 18.9 Å². The molecule has 0 bridgehead atoms. The van der Waals surface area contributed by atoms with Gasteiger partial charge in [-0.15, -0.1) is 0 Å². The quantitative estimate of drug-likeness (QED) is 0.518. The maximum Gasteiger partial charge on any atom is 0.344 e. The molecule has 2 rings (SSSR count). The lowest BCUT2D eigenvalue weighted by Crippen LogP contribution is -2.13. The second kappa shape index (κ2) is 8.57. The predicted molar refractivity (Wildman–Crippen MR) is 96.5 cm³/mol. The smallest absolute Gasteiger partial charge is 0.344 e. The number of esters is 2. The lowest BCUT2D eigenvalue weighted by atomic mass is 10.1. The number of ether oxygens (including phenoxy) is 5. The minimum Gasteiger partial charge on any atom is -0.497 e. The monoisotopic (exact) mass is 424 g/mol. The Labute approximate surface area is 158 Å². The molecule has 2 aromatic rings. The molecule has 0 N–H and O–H groups in total. The minimum atomic E-state index is -0.687. The molecule has 0 amide bonds. The van der Waals surface area contributed by atoms with Crippen molar-refractivity contribution in [3.8, 4) is 23.0 Å². The Morgan fingerprint density at radius 3 is 2.00 bits per heavy atom. The summed E-state index contributed by atoms with van der Waals surface area (Å²) in [5, 5.41) is 0. The highest BCUT2D eigenvalue weighted by molar-refractivity contribution is 9.10. The van der Waals surface area contributed by atoms with Gasteiger partial charge in [0.05, 0.1) is 34.0 Å². The van der Waals surface area contributed by atoms with E-state index in [2.05, 4.69) is 15.9 Å². The van der Waals surface area contributed by atoms with Gasteiger partial charge in [0.25, 0.3) is 0 Å². The average molecular weight is 425 g/mol. The molecule has 0 aliphatic rings. The first kappa shape index (κ1) is 19.6. The van der Waals surface area contributed by atoms with Crippen LogP contribution in [-0.2, 0) is 4.74 Å². The second-order valence-electron chi connectivity index (χ2n) is 4.93. The molecular weight excluding hydrogens is 408 g/mol. The van der Waals surface area contributed by atoms with E-state index in [1.165, 1.54) is 46.6 Å². The molecule has 8 heteroatoms. The zero-order valence-corrected chi connectivity index (χ0v) is 16.2. The molecule has 26 heavy (non-hydrogen) atoms. The largest absolute Gasteiger partial charge is 0.497 e. The number of carbonyl (C=O) groups excluding carboxylic acids is 2. The number of methoxy groups -OCH3 is 4. The summed E-state index contributed by atoms with van der Waals surface area (Å²) in [6.45, 7) is 0. The number of carbonyl (C=O) groups is 2. The third-order valence-corrected chi connectivity index (χ3v) is 4.14. The van der Waals surface area contributed by atoms with Crippen molar-refractivity contribution in [2.75, 3.05) is 28.4 Å². The molecule has 0 atom stereocenters. The molecule has 2 aromatic carbocycles. The Morgan fingerprint density at radius 1 is 0.769 bits per heavy atom. The maximum atomic E-state index is 12.6. The van der Waals surface area contributed by atoms with E-state index in [1.807, 2.05) is 0 Å². The van der Waals surface area contributed by atoms with Crippen LogP contribution >= 0.6 is 15.9 Å². The van der Waals surface area contributed by atoms with Crippen molar-refractivity contribution in [2.45, 2.75) is 0 Å². The number of hydrogen-bond donors (Lipinski definition) is 0. The summed E-state index contributed by atoms with van der Waals surface area (Å²) in [7, 11) is 5.64. The van der Waals surface area contributed by atoms with Crippen molar-refractivity contribution < 1.29 is 33.3 Å². The van der Waals surface area contributed by atoms with E-state index >= 15 is 0 Å². The number of rotatable bonds is 6. The molecule has 0 fully saturated rings. The molecule has 0 unspecified atom stereocenters. The maximum absolute atomic E-state index is 12.6. The molecule has 0 radical (unpaired) electrons. The zero-order valence-electron chi connectivity index (χ0n) is 14.6. The molecule has 0 spiro atoms. The van der Waals surface area contributed by atoms with Crippen LogP contribution in [0.2, 0.25) is 0 Å². The highest BCUT2D eigenvalue weighted by Crippen LogP contribution is 2.34. The van der Waals surface area contributed by atoms with Crippen molar-refractivity contribution in [1.29, 1.82) is 0 Å². The van der Waals surface area contributed by atoms with Gasteiger partial charge in [-0.05, 0) is 46.3 Å². The summed E-state index contributed by atoms with van der Waals surface area (Å²) >= 11 is 3.30. The van der Waals surface area contributed by atoms with Gasteiger partial charge in [0.2, 0.25) is 0 Å². The summed E-state index contributed by atoms with van der Waals surface area (Å²) in [5.74, 6) is -0.0470. The Hall–Kier alpha value is -2.74. The van der Waals surface area contributed by atoms with E-state index in [9.17, 15) is 9.59 Å². The van der Waals surface area contributed by atoms with Crippen molar-refractivity contribution in [1.82, 2.24) is 0 Å². The normalized spacial score (nSPS) is 10.0. The first-order valence-electron chi connectivity index (χ1n) is 7.35. The van der Waals surface area contributed by atoms with Crippen LogP contribution in [0.25, 0.3) is 0 Å². The third-order valence-electron chi connectivity index (χ3n) is 3.49. The van der Waals surface area contributed by atoms with Crippen molar-refractivity contribution in [2.24, 2.45) is 0 Å². The van der Waals surface area contributed by atoms with E-state index in [0.29, 0.717) is 21.7 Å². The number of halogens is 1. The van der Waals surface area contributed by atoms with E-state index in [-0.39, 0.29) is 16.9 Å². The van der Waals surface area contributed by atoms with Crippen LogP contribution in [0.1, 0.15) is 20.7 Å². The molecular formula is C18H17BrO7. The van der Waals surface area contributed by atoms with Crippen LogP contribution in [0.5, 0.6) is 23.0 Å². The Morgan fingerprint density at radius 2 is 1.42 bits per heavy atom. The van der Waals surface area contributed by atoms with Gasteiger partial charge < -0.3 is 23.7 Å². The van der Waals surface area contributed by atoms with Crippen LogP contribution in [0.15, 0.2) is 34.8 Å². The fraction of sp³-hybridized carbons (Fsp3) is 0.222. The van der Waals surface area contributed by atoms with Gasteiger partial charge in [0.1, 0.15) is 17.1 Å². The van der Waals surface area contributed by atoms with Gasteiger partial charge in [-0.25, -0.2) is 9.59 Å². The molecule has 0 saturated carbocycles. The number of benzene rings is 2. The van der Waals surface area contributed by atoms with Crippen LogP contribution in [-0.4, -0.2) is 40.4 Å². The molecule has 0 aliphatic carbocycles.